The summed E-state index contributed by atoms with van der Waals surface area (Å²) < 4.78 is 51.9. The Hall–Kier alpha value is -3.68. The number of fused-ring (bicyclic) bond motifs is 1. The van der Waals surface area contributed by atoms with Crippen LogP contribution in [0.15, 0.2) is 41.6 Å². The van der Waals surface area contributed by atoms with Gasteiger partial charge in [-0.1, -0.05) is 26.2 Å². The second-order valence-corrected chi connectivity index (χ2v) is 12.2. The van der Waals surface area contributed by atoms with Crippen molar-refractivity contribution in [3.05, 3.63) is 52.7 Å². The van der Waals surface area contributed by atoms with Gasteiger partial charge >= 0.3 is 12.1 Å². The summed E-state index contributed by atoms with van der Waals surface area (Å²) in [5.74, 6) is -1.15. The van der Waals surface area contributed by atoms with Crippen molar-refractivity contribution >= 4 is 16.7 Å². The van der Waals surface area contributed by atoms with E-state index in [2.05, 4.69) is 34.3 Å². The molecule has 48 heavy (non-hydrogen) atoms. The maximum Gasteiger partial charge on any atom is 0.490 e. The number of carboxylic acid groups (broad SMARTS) is 1. The van der Waals surface area contributed by atoms with Crippen LogP contribution in [-0.2, 0) is 22.6 Å². The Morgan fingerprint density at radius 2 is 1.62 bits per heavy atom. The van der Waals surface area contributed by atoms with Crippen LogP contribution in [0, 0.1) is 0 Å². The minimum atomic E-state index is -5.08. The molecule has 1 aromatic carbocycles. The number of aliphatic carboxylic acids is 1. The highest BCUT2D eigenvalue weighted by Crippen LogP contribution is 2.38. The molecule has 3 aromatic rings. The number of unbranched alkanes of at least 4 members (excludes halogenated alkanes) is 3. The predicted molar refractivity (Wildman–Crippen MR) is 178 cm³/mol. The molecule has 0 atom stereocenters. The van der Waals surface area contributed by atoms with E-state index in [-0.39, 0.29) is 5.56 Å². The van der Waals surface area contributed by atoms with E-state index in [1.807, 2.05) is 16.8 Å². The third-order valence-corrected chi connectivity index (χ3v) is 8.89. The predicted octanol–water partition coefficient (Wildman–Crippen LogP) is 6.03. The number of carboxylic acids is 1. The molecule has 2 saturated heterocycles. The molecule has 0 spiro atoms. The molecular weight excluding hydrogens is 629 g/mol. The number of rotatable bonds is 12. The summed E-state index contributed by atoms with van der Waals surface area (Å²) in [5, 5.41) is 12.1. The number of ether oxygens (including phenoxy) is 3. The lowest BCUT2D eigenvalue weighted by Crippen LogP contribution is -2.40. The van der Waals surface area contributed by atoms with E-state index in [4.69, 9.17) is 24.1 Å². The van der Waals surface area contributed by atoms with Gasteiger partial charge < -0.3 is 29.2 Å². The smallest absolute Gasteiger partial charge is 0.490 e. The molecule has 264 valence electrons. The number of carbonyl (C=O) groups is 1. The first kappa shape index (κ1) is 37.1. The molecule has 10 nitrogen and oxygen atoms in total. The van der Waals surface area contributed by atoms with E-state index in [0.717, 1.165) is 111 Å². The quantitative estimate of drug-likeness (QED) is 0.222. The van der Waals surface area contributed by atoms with E-state index in [1.165, 1.54) is 6.42 Å². The normalized spacial score (nSPS) is 16.4. The molecular formula is C35H47F3N4O6. The molecule has 2 aliphatic heterocycles. The van der Waals surface area contributed by atoms with E-state index in [9.17, 15) is 18.0 Å². The number of benzene rings is 1. The van der Waals surface area contributed by atoms with Crippen molar-refractivity contribution < 1.29 is 37.3 Å². The van der Waals surface area contributed by atoms with E-state index < -0.39 is 12.1 Å². The fourth-order valence-electron chi connectivity index (χ4n) is 6.27. The minimum absolute atomic E-state index is 0.0106. The van der Waals surface area contributed by atoms with Gasteiger partial charge in [0.05, 0.1) is 37.4 Å². The largest absolute Gasteiger partial charge is 0.496 e. The second kappa shape index (κ2) is 17.6. The molecule has 2 aromatic heterocycles. The summed E-state index contributed by atoms with van der Waals surface area (Å²) in [6, 6.07) is 6.11. The average Bonchev–Trinajstić information content (AvgIpc) is 3.09. The van der Waals surface area contributed by atoms with E-state index in [0.29, 0.717) is 24.1 Å². The summed E-state index contributed by atoms with van der Waals surface area (Å²) in [5.41, 5.74) is 3.01. The van der Waals surface area contributed by atoms with Crippen LogP contribution in [0.1, 0.15) is 63.9 Å². The Kier molecular flexibility index (Phi) is 13.7. The van der Waals surface area contributed by atoms with Gasteiger partial charge in [-0.15, -0.1) is 0 Å². The number of likely N-dealkylation sites (tertiary alicyclic amines) is 1. The summed E-state index contributed by atoms with van der Waals surface area (Å²) >= 11 is 0. The minimum Gasteiger partial charge on any atom is -0.496 e. The fourth-order valence-corrected chi connectivity index (χ4v) is 6.27. The van der Waals surface area contributed by atoms with Crippen molar-refractivity contribution in [2.75, 3.05) is 40.4 Å². The van der Waals surface area contributed by atoms with Crippen LogP contribution in [-0.4, -0.2) is 84.3 Å². The zero-order valence-electron chi connectivity index (χ0n) is 28.0. The number of hydrogen-bond donors (Lipinski definition) is 2. The van der Waals surface area contributed by atoms with Gasteiger partial charge in [-0.3, -0.25) is 14.7 Å². The average molecular weight is 677 g/mol. The summed E-state index contributed by atoms with van der Waals surface area (Å²) in [4.78, 5) is 28.9. The van der Waals surface area contributed by atoms with Crippen molar-refractivity contribution in [1.82, 2.24) is 19.8 Å². The van der Waals surface area contributed by atoms with Crippen LogP contribution in [0.5, 0.6) is 11.5 Å². The first-order chi connectivity index (χ1) is 23.0. The van der Waals surface area contributed by atoms with E-state index >= 15 is 0 Å². The van der Waals surface area contributed by atoms with Crippen LogP contribution in [0.25, 0.3) is 21.9 Å². The van der Waals surface area contributed by atoms with Crippen LogP contribution in [0.2, 0.25) is 0 Å². The number of aromatic nitrogens is 2. The van der Waals surface area contributed by atoms with Crippen molar-refractivity contribution in [2.45, 2.75) is 89.8 Å². The number of piperidine rings is 2. The first-order valence-corrected chi connectivity index (χ1v) is 16.7. The highest BCUT2D eigenvalue weighted by Gasteiger charge is 2.38. The molecule has 2 aliphatic rings. The number of pyridine rings is 2. The maximum absolute atomic E-state index is 13.3. The van der Waals surface area contributed by atoms with Gasteiger partial charge in [0, 0.05) is 50.3 Å². The number of nitrogens with zero attached hydrogens (tertiary/aromatic N) is 3. The lowest BCUT2D eigenvalue weighted by Gasteiger charge is -2.35. The molecule has 0 radical (unpaired) electrons. The van der Waals surface area contributed by atoms with Crippen LogP contribution < -0.4 is 20.3 Å². The third kappa shape index (κ3) is 9.93. The van der Waals surface area contributed by atoms with Gasteiger partial charge in [-0.2, -0.15) is 13.2 Å². The Balaban J connectivity index is 0.000000671. The van der Waals surface area contributed by atoms with Gasteiger partial charge in [0.15, 0.2) is 0 Å². The monoisotopic (exact) mass is 676 g/mol. The number of alkyl halides is 3. The lowest BCUT2D eigenvalue weighted by molar-refractivity contribution is -0.192. The molecule has 0 aliphatic carbocycles. The molecule has 2 fully saturated rings. The second-order valence-electron chi connectivity index (χ2n) is 12.2. The maximum atomic E-state index is 13.3. The van der Waals surface area contributed by atoms with Crippen molar-refractivity contribution in [3.8, 4) is 22.6 Å². The molecule has 0 bridgehead atoms. The Morgan fingerprint density at radius 1 is 1.00 bits per heavy atom. The molecule has 5 rings (SSSR count). The molecule has 4 heterocycles. The topological polar surface area (TPSA) is 115 Å². The van der Waals surface area contributed by atoms with Gasteiger partial charge in [0.2, 0.25) is 0 Å². The molecule has 0 amide bonds. The number of nitrogens with one attached hydrogen (secondary N) is 1. The number of methoxy groups -OCH3 is 2. The zero-order valence-corrected chi connectivity index (χ0v) is 28.0. The highest BCUT2D eigenvalue weighted by atomic mass is 19.4. The van der Waals surface area contributed by atoms with Gasteiger partial charge in [-0.25, -0.2) is 4.79 Å². The summed E-state index contributed by atoms with van der Waals surface area (Å²) in [6.07, 6.45) is 9.85. The number of hydrogen-bond acceptors (Lipinski definition) is 8. The summed E-state index contributed by atoms with van der Waals surface area (Å²) in [7, 11) is 3.44. The van der Waals surface area contributed by atoms with Crippen LogP contribution >= 0.6 is 0 Å². The number of aryl methyl sites for hydroxylation is 1. The fraction of sp³-hybridized carbons (Fsp3) is 0.571. The summed E-state index contributed by atoms with van der Waals surface area (Å²) in [6.45, 7) is 7.75. The molecule has 13 heteroatoms. The first-order valence-electron chi connectivity index (χ1n) is 16.7. The Labute approximate surface area is 279 Å². The SMILES string of the molecule is CCCCCCn1cc(-c2cc(OC)c(CN3CCC(OC4CCNCC4)CC3)c(OC)c2)c2ccncc2c1=O.O=C(O)C(F)(F)F. The van der Waals surface area contributed by atoms with Crippen molar-refractivity contribution in [1.29, 1.82) is 0 Å². The van der Waals surface area contributed by atoms with E-state index in [1.54, 1.807) is 26.6 Å². The molecule has 0 unspecified atom stereocenters. The van der Waals surface area contributed by atoms with Gasteiger partial charge in [-0.05, 0) is 74.3 Å². The van der Waals surface area contributed by atoms with Crippen LogP contribution in [0.3, 0.4) is 0 Å². The van der Waals surface area contributed by atoms with Gasteiger partial charge in [0.25, 0.3) is 5.56 Å². The number of halogens is 3. The van der Waals surface area contributed by atoms with Crippen molar-refractivity contribution in [3.63, 3.8) is 0 Å². The molecule has 2 N–H and O–H groups in total. The zero-order chi connectivity index (χ0) is 34.7. The third-order valence-electron chi connectivity index (χ3n) is 8.89. The Bertz CT molecular complexity index is 1520. The standard InChI is InChI=1S/C33H46N4O4.C2HF3O2/c1-4-5-6-7-16-37-23-29(27-10-15-35-21-28(27)33(37)38)24-19-31(39-2)30(32(20-24)40-3)22-36-17-11-26(12-18-36)41-25-8-13-34-14-9-25;3-2(4,5)1(6)7/h10,15,19-21,23,25-26,34H,4-9,11-14,16-18,22H2,1-3H3;(H,6,7). The highest BCUT2D eigenvalue weighted by molar-refractivity contribution is 5.95. The Morgan fingerprint density at radius 3 is 2.21 bits per heavy atom. The van der Waals surface area contributed by atoms with Crippen molar-refractivity contribution in [2.24, 2.45) is 0 Å². The van der Waals surface area contributed by atoms with Crippen LogP contribution in [0.4, 0.5) is 13.2 Å². The lowest BCUT2D eigenvalue weighted by atomic mass is 9.98. The molecule has 0 saturated carbocycles. The van der Waals surface area contributed by atoms with Gasteiger partial charge in [0.1, 0.15) is 11.5 Å².